The van der Waals surface area contributed by atoms with Crippen LogP contribution in [0.5, 0.6) is 0 Å². The first-order chi connectivity index (χ1) is 21.7. The Morgan fingerprint density at radius 1 is 0.978 bits per heavy atom. The van der Waals surface area contributed by atoms with E-state index in [1.54, 1.807) is 6.08 Å². The monoisotopic (exact) mass is 650 g/mol. The summed E-state index contributed by atoms with van der Waals surface area (Å²) in [6.45, 7) is 2.60. The Balaban J connectivity index is 1.69. The summed E-state index contributed by atoms with van der Waals surface area (Å²) in [4.78, 5) is 29.5. The lowest BCUT2D eigenvalue weighted by molar-refractivity contribution is -0.105. The molecule has 1 saturated heterocycles. The molecule has 4 atom stereocenters. The Bertz CT molecular complexity index is 1450. The number of hydrogen-bond donors (Lipinski definition) is 0. The van der Waals surface area contributed by atoms with E-state index in [2.05, 4.69) is 0 Å². The molecule has 2 aromatic carbocycles. The van der Waals surface area contributed by atoms with Crippen LogP contribution in [0.15, 0.2) is 89.7 Å². The SMILES string of the molecule is CC[C@@H]1C[C@H](N(CC2C=C(C(F)(F)F)C=C(C(F)(F)F)C2C)C(=O)OC)C/C(=C\c2ccccc2)N1C(=O)OCc1ccccc1. The number of piperidine rings is 1. The van der Waals surface area contributed by atoms with Gasteiger partial charge in [0.1, 0.15) is 6.61 Å². The molecule has 248 valence electrons. The summed E-state index contributed by atoms with van der Waals surface area (Å²) in [6, 6.07) is 17.0. The molecule has 6 nitrogen and oxygen atoms in total. The van der Waals surface area contributed by atoms with E-state index in [4.69, 9.17) is 9.47 Å². The van der Waals surface area contributed by atoms with E-state index in [0.29, 0.717) is 12.1 Å². The van der Waals surface area contributed by atoms with Gasteiger partial charge in [0.25, 0.3) is 0 Å². The topological polar surface area (TPSA) is 59.1 Å². The minimum Gasteiger partial charge on any atom is -0.453 e. The van der Waals surface area contributed by atoms with Crippen molar-refractivity contribution in [3.8, 4) is 0 Å². The number of methoxy groups -OCH3 is 1. The molecule has 2 unspecified atom stereocenters. The highest BCUT2D eigenvalue weighted by atomic mass is 19.4. The van der Waals surface area contributed by atoms with Gasteiger partial charge >= 0.3 is 24.5 Å². The first-order valence-electron chi connectivity index (χ1n) is 14.9. The van der Waals surface area contributed by atoms with Crippen molar-refractivity contribution in [3.05, 3.63) is 101 Å². The summed E-state index contributed by atoms with van der Waals surface area (Å²) in [5.41, 5.74) is -0.717. The second-order valence-corrected chi connectivity index (χ2v) is 11.4. The summed E-state index contributed by atoms with van der Waals surface area (Å²) in [5, 5.41) is 0. The van der Waals surface area contributed by atoms with Crippen LogP contribution in [0.4, 0.5) is 35.9 Å². The van der Waals surface area contributed by atoms with Crippen LogP contribution in [-0.4, -0.2) is 60.1 Å². The van der Waals surface area contributed by atoms with Crippen LogP contribution < -0.4 is 0 Å². The lowest BCUT2D eigenvalue weighted by Crippen LogP contribution is -2.53. The molecule has 46 heavy (non-hydrogen) atoms. The highest BCUT2D eigenvalue weighted by Gasteiger charge is 2.47. The summed E-state index contributed by atoms with van der Waals surface area (Å²) in [5.74, 6) is -2.68. The maximum atomic E-state index is 13.9. The molecule has 0 spiro atoms. The number of nitrogens with zero attached hydrogens (tertiary/aromatic N) is 2. The average molecular weight is 651 g/mol. The van der Waals surface area contributed by atoms with E-state index < -0.39 is 66.1 Å². The van der Waals surface area contributed by atoms with Gasteiger partial charge in [-0.15, -0.1) is 0 Å². The van der Waals surface area contributed by atoms with Gasteiger partial charge in [-0.25, -0.2) is 9.59 Å². The Kier molecular flexibility index (Phi) is 10.9. The fraction of sp³-hybridized carbons (Fsp3) is 0.412. The first kappa shape index (κ1) is 34.6. The number of carbonyl (C=O) groups excluding carboxylic acids is 2. The molecular weight excluding hydrogens is 614 g/mol. The zero-order valence-corrected chi connectivity index (χ0v) is 25.6. The Hall–Kier alpha value is -4.22. The number of hydrogen-bond acceptors (Lipinski definition) is 4. The van der Waals surface area contributed by atoms with Crippen LogP contribution in [-0.2, 0) is 16.1 Å². The van der Waals surface area contributed by atoms with Gasteiger partial charge in [-0.05, 0) is 42.0 Å². The van der Waals surface area contributed by atoms with Gasteiger partial charge in [0, 0.05) is 42.2 Å². The van der Waals surface area contributed by atoms with E-state index in [1.165, 1.54) is 16.7 Å². The minimum atomic E-state index is -5.02. The largest absolute Gasteiger partial charge is 0.453 e. The molecule has 0 radical (unpaired) electrons. The normalized spacial score (nSPS) is 23.0. The number of amides is 2. The Morgan fingerprint density at radius 3 is 2.17 bits per heavy atom. The first-order valence-corrected chi connectivity index (χ1v) is 14.9. The molecule has 0 N–H and O–H groups in total. The molecule has 2 aliphatic rings. The van der Waals surface area contributed by atoms with Crippen LogP contribution in [0.1, 0.15) is 44.2 Å². The maximum Gasteiger partial charge on any atom is 0.416 e. The fourth-order valence-corrected chi connectivity index (χ4v) is 5.99. The van der Waals surface area contributed by atoms with E-state index in [1.807, 2.05) is 67.6 Å². The maximum absolute atomic E-state index is 13.9. The predicted octanol–water partition coefficient (Wildman–Crippen LogP) is 8.92. The lowest BCUT2D eigenvalue weighted by atomic mass is 9.79. The quantitative estimate of drug-likeness (QED) is 0.281. The zero-order chi connectivity index (χ0) is 33.6. The van der Waals surface area contributed by atoms with E-state index in [0.717, 1.165) is 24.3 Å². The number of halogens is 6. The van der Waals surface area contributed by atoms with Crippen molar-refractivity contribution in [1.29, 1.82) is 0 Å². The third kappa shape index (κ3) is 8.32. The average Bonchev–Trinajstić information content (AvgIpc) is 3.02. The fourth-order valence-electron chi connectivity index (χ4n) is 5.99. The van der Waals surface area contributed by atoms with Crippen molar-refractivity contribution in [2.75, 3.05) is 13.7 Å². The van der Waals surface area contributed by atoms with Crippen molar-refractivity contribution in [2.45, 2.75) is 64.2 Å². The van der Waals surface area contributed by atoms with Crippen molar-refractivity contribution in [2.24, 2.45) is 11.8 Å². The molecule has 0 aromatic heterocycles. The van der Waals surface area contributed by atoms with Crippen molar-refractivity contribution < 1.29 is 45.4 Å². The standard InChI is InChI=1S/C34H36F6N2O4/c1-4-27-18-28(41(31(43)45-3)20-25-16-26(33(35,36)37)17-30(22(25)2)34(38,39)40)19-29(15-23-11-7-5-8-12-23)42(27)32(44)46-21-24-13-9-6-10-14-24/h5-17,22,25,27-28H,4,18-21H2,1-3H3/b29-15+/t22?,25?,27-,28+/m1/s1. The van der Waals surface area contributed by atoms with E-state index in [-0.39, 0.29) is 25.5 Å². The second-order valence-electron chi connectivity index (χ2n) is 11.4. The molecular formula is C34H36F6N2O4. The van der Waals surface area contributed by atoms with E-state index >= 15 is 0 Å². The number of rotatable bonds is 7. The number of benzene rings is 2. The number of ether oxygens (including phenoxy) is 2. The molecule has 2 aromatic rings. The van der Waals surface area contributed by atoms with Crippen LogP contribution in [0.25, 0.3) is 6.08 Å². The highest BCUT2D eigenvalue weighted by molar-refractivity contribution is 5.74. The van der Waals surface area contributed by atoms with Gasteiger partial charge in [-0.3, -0.25) is 4.90 Å². The third-order valence-electron chi connectivity index (χ3n) is 8.42. The van der Waals surface area contributed by atoms with E-state index in [9.17, 15) is 35.9 Å². The summed E-state index contributed by atoms with van der Waals surface area (Å²) < 4.78 is 93.4. The van der Waals surface area contributed by atoms with Crippen molar-refractivity contribution in [1.82, 2.24) is 9.80 Å². The summed E-state index contributed by atoms with van der Waals surface area (Å²) in [7, 11) is 1.10. The van der Waals surface area contributed by atoms with Gasteiger partial charge in [-0.1, -0.05) is 80.6 Å². The molecule has 1 heterocycles. The minimum absolute atomic E-state index is 0.0193. The highest BCUT2D eigenvalue weighted by Crippen LogP contribution is 2.44. The molecule has 0 saturated carbocycles. The summed E-state index contributed by atoms with van der Waals surface area (Å²) in [6.07, 6.45) is -8.17. The van der Waals surface area contributed by atoms with Crippen LogP contribution in [0.2, 0.25) is 0 Å². The van der Waals surface area contributed by atoms with Gasteiger partial charge in [0.05, 0.1) is 12.7 Å². The van der Waals surface area contributed by atoms with Gasteiger partial charge in [0.2, 0.25) is 0 Å². The van der Waals surface area contributed by atoms with Crippen LogP contribution in [0, 0.1) is 11.8 Å². The second kappa shape index (κ2) is 14.5. The molecule has 4 rings (SSSR count). The van der Waals surface area contributed by atoms with Crippen LogP contribution >= 0.6 is 0 Å². The van der Waals surface area contributed by atoms with Crippen molar-refractivity contribution in [3.63, 3.8) is 0 Å². The van der Waals surface area contributed by atoms with Gasteiger partial charge in [0.15, 0.2) is 0 Å². The number of alkyl halides is 6. The molecule has 0 bridgehead atoms. The smallest absolute Gasteiger partial charge is 0.416 e. The number of allylic oxidation sites excluding steroid dienone is 3. The Labute approximate surface area is 263 Å². The van der Waals surface area contributed by atoms with Gasteiger partial charge in [-0.2, -0.15) is 26.3 Å². The van der Waals surface area contributed by atoms with Gasteiger partial charge < -0.3 is 14.4 Å². The molecule has 12 heteroatoms. The molecule has 1 aliphatic heterocycles. The van der Waals surface area contributed by atoms with Crippen LogP contribution in [0.3, 0.4) is 0 Å². The number of carbonyl (C=O) groups is 2. The number of likely N-dealkylation sites (tertiary alicyclic amines) is 1. The molecule has 1 aliphatic carbocycles. The van der Waals surface area contributed by atoms with Crippen molar-refractivity contribution >= 4 is 18.3 Å². The molecule has 2 amide bonds. The molecule has 1 fully saturated rings. The predicted molar refractivity (Wildman–Crippen MR) is 160 cm³/mol. The Morgan fingerprint density at radius 2 is 1.61 bits per heavy atom. The summed E-state index contributed by atoms with van der Waals surface area (Å²) >= 11 is 0. The third-order valence-corrected chi connectivity index (χ3v) is 8.42. The lowest BCUT2D eigenvalue weighted by Gasteiger charge is -2.45. The zero-order valence-electron chi connectivity index (χ0n) is 25.6.